The summed E-state index contributed by atoms with van der Waals surface area (Å²) in [6.45, 7) is 5.79. The molecule has 0 aromatic heterocycles. The zero-order chi connectivity index (χ0) is 13.0. The first-order valence-corrected chi connectivity index (χ1v) is 7.33. The summed E-state index contributed by atoms with van der Waals surface area (Å²) in [4.78, 5) is 1.19. The van der Waals surface area contributed by atoms with E-state index < -0.39 is 0 Å². The molecule has 2 rings (SSSR count). The van der Waals surface area contributed by atoms with Crippen molar-refractivity contribution in [1.29, 1.82) is 0 Å². The molecule has 0 bridgehead atoms. The molecule has 100 valence electrons. The van der Waals surface area contributed by atoms with Gasteiger partial charge in [-0.1, -0.05) is 0 Å². The first-order valence-electron chi connectivity index (χ1n) is 6.45. The molecule has 0 unspecified atom stereocenters. The highest BCUT2D eigenvalue weighted by Crippen LogP contribution is 2.33. The van der Waals surface area contributed by atoms with Crippen molar-refractivity contribution in [3.05, 3.63) is 18.2 Å². The average molecular weight is 267 g/mol. The van der Waals surface area contributed by atoms with E-state index in [1.54, 1.807) is 0 Å². The molecule has 0 aliphatic carbocycles. The van der Waals surface area contributed by atoms with Crippen LogP contribution in [0.3, 0.4) is 0 Å². The van der Waals surface area contributed by atoms with Crippen LogP contribution < -0.4 is 10.5 Å². The smallest absolute Gasteiger partial charge is 0.122 e. The second-order valence-corrected chi connectivity index (χ2v) is 6.21. The summed E-state index contributed by atoms with van der Waals surface area (Å²) in [6, 6.07) is 5.98. The highest BCUT2D eigenvalue weighted by molar-refractivity contribution is 8.00. The maximum Gasteiger partial charge on any atom is 0.122 e. The zero-order valence-electron chi connectivity index (χ0n) is 11.0. The van der Waals surface area contributed by atoms with Crippen LogP contribution in [-0.2, 0) is 4.74 Å². The summed E-state index contributed by atoms with van der Waals surface area (Å²) in [7, 11) is 0. The van der Waals surface area contributed by atoms with Gasteiger partial charge in [0.05, 0.1) is 6.10 Å². The van der Waals surface area contributed by atoms with Crippen LogP contribution in [0.15, 0.2) is 23.1 Å². The zero-order valence-corrected chi connectivity index (χ0v) is 11.8. The fourth-order valence-corrected chi connectivity index (χ4v) is 3.19. The Hall–Kier alpha value is -0.870. The molecule has 18 heavy (non-hydrogen) atoms. The van der Waals surface area contributed by atoms with Gasteiger partial charge in [0, 0.05) is 35.1 Å². The van der Waals surface area contributed by atoms with Crippen LogP contribution in [0.5, 0.6) is 5.75 Å². The topological polar surface area (TPSA) is 44.5 Å². The third-order valence-electron chi connectivity index (χ3n) is 2.75. The highest BCUT2D eigenvalue weighted by atomic mass is 32.2. The van der Waals surface area contributed by atoms with Crippen molar-refractivity contribution in [2.24, 2.45) is 0 Å². The van der Waals surface area contributed by atoms with Crippen molar-refractivity contribution in [2.75, 3.05) is 18.9 Å². The molecule has 0 radical (unpaired) electrons. The lowest BCUT2D eigenvalue weighted by Gasteiger charge is -2.22. The van der Waals surface area contributed by atoms with Gasteiger partial charge in [0.15, 0.2) is 0 Å². The summed E-state index contributed by atoms with van der Waals surface area (Å²) in [5, 5.41) is 0.632. The Kier molecular flexibility index (Phi) is 4.78. The molecule has 1 aromatic carbocycles. The molecule has 1 aliphatic heterocycles. The maximum absolute atomic E-state index is 5.92. The molecule has 1 fully saturated rings. The van der Waals surface area contributed by atoms with Gasteiger partial charge in [0.25, 0.3) is 0 Å². The first kappa shape index (κ1) is 13.6. The second-order valence-electron chi connectivity index (χ2n) is 4.83. The van der Waals surface area contributed by atoms with Crippen LogP contribution in [0.1, 0.15) is 26.7 Å². The molecule has 4 heteroatoms. The number of nitrogens with two attached hydrogens (primary N) is 1. The number of hydrogen-bond donors (Lipinski definition) is 1. The number of ether oxygens (including phenoxy) is 2. The van der Waals surface area contributed by atoms with Gasteiger partial charge in [-0.25, -0.2) is 0 Å². The van der Waals surface area contributed by atoms with Gasteiger partial charge in [0.1, 0.15) is 5.75 Å². The fourth-order valence-electron chi connectivity index (χ4n) is 1.99. The summed E-state index contributed by atoms with van der Waals surface area (Å²) >= 11 is 1.88. The van der Waals surface area contributed by atoms with Crippen LogP contribution in [0.2, 0.25) is 0 Å². The minimum atomic E-state index is 0.174. The number of anilines is 1. The monoisotopic (exact) mass is 267 g/mol. The lowest BCUT2D eigenvalue weighted by Crippen LogP contribution is -2.17. The van der Waals surface area contributed by atoms with Gasteiger partial charge in [-0.2, -0.15) is 0 Å². The van der Waals surface area contributed by atoms with E-state index in [9.17, 15) is 0 Å². The Balaban J connectivity index is 2.04. The number of hydrogen-bond acceptors (Lipinski definition) is 4. The van der Waals surface area contributed by atoms with E-state index in [1.807, 2.05) is 37.7 Å². The van der Waals surface area contributed by atoms with E-state index in [-0.39, 0.29) is 6.10 Å². The Morgan fingerprint density at radius 2 is 2.00 bits per heavy atom. The molecule has 1 aliphatic rings. The molecule has 1 aromatic rings. The Bertz CT molecular complexity index is 389. The molecule has 1 heterocycles. The van der Waals surface area contributed by atoms with Crippen molar-refractivity contribution in [3.8, 4) is 5.75 Å². The lowest BCUT2D eigenvalue weighted by atomic mass is 10.2. The van der Waals surface area contributed by atoms with E-state index in [2.05, 4.69) is 6.07 Å². The van der Waals surface area contributed by atoms with Gasteiger partial charge in [-0.15, -0.1) is 11.8 Å². The predicted octanol–water partition coefficient (Wildman–Crippen LogP) is 3.33. The third kappa shape index (κ3) is 4.10. The molecular formula is C14H21NO2S. The average Bonchev–Trinajstić information content (AvgIpc) is 2.28. The largest absolute Gasteiger partial charge is 0.491 e. The highest BCUT2D eigenvalue weighted by Gasteiger charge is 2.15. The minimum Gasteiger partial charge on any atom is -0.491 e. The first-order chi connectivity index (χ1) is 8.63. The maximum atomic E-state index is 5.92. The minimum absolute atomic E-state index is 0.174. The number of thioether (sulfide) groups is 1. The van der Waals surface area contributed by atoms with Gasteiger partial charge in [-0.3, -0.25) is 0 Å². The number of benzene rings is 1. The fraction of sp³-hybridized carbons (Fsp3) is 0.571. The molecule has 0 saturated carbocycles. The van der Waals surface area contributed by atoms with E-state index in [1.165, 1.54) is 4.90 Å². The second kappa shape index (κ2) is 6.34. The van der Waals surface area contributed by atoms with E-state index in [0.29, 0.717) is 5.25 Å². The molecule has 0 spiro atoms. The van der Waals surface area contributed by atoms with Crippen LogP contribution in [0, 0.1) is 0 Å². The van der Waals surface area contributed by atoms with Crippen molar-refractivity contribution in [3.63, 3.8) is 0 Å². The SMILES string of the molecule is CC(C)Oc1cc(N)cc(SC2CCOCC2)c1. The molecular weight excluding hydrogens is 246 g/mol. The summed E-state index contributed by atoms with van der Waals surface area (Å²) in [5.74, 6) is 0.861. The van der Waals surface area contributed by atoms with Crippen LogP contribution in [-0.4, -0.2) is 24.6 Å². The summed E-state index contributed by atoms with van der Waals surface area (Å²) in [6.07, 6.45) is 2.40. The summed E-state index contributed by atoms with van der Waals surface area (Å²) in [5.41, 5.74) is 6.69. The van der Waals surface area contributed by atoms with Gasteiger partial charge in [0.2, 0.25) is 0 Å². The van der Waals surface area contributed by atoms with E-state index in [0.717, 1.165) is 37.5 Å². The molecule has 3 nitrogen and oxygen atoms in total. The van der Waals surface area contributed by atoms with Crippen LogP contribution >= 0.6 is 11.8 Å². The van der Waals surface area contributed by atoms with Gasteiger partial charge in [-0.05, 0) is 38.8 Å². The number of rotatable bonds is 4. The quantitative estimate of drug-likeness (QED) is 0.850. The molecule has 2 N–H and O–H groups in total. The Labute approximate surface area is 113 Å². The Morgan fingerprint density at radius 3 is 2.67 bits per heavy atom. The third-order valence-corrected chi connectivity index (χ3v) is 4.06. The van der Waals surface area contributed by atoms with Gasteiger partial charge >= 0.3 is 0 Å². The van der Waals surface area contributed by atoms with Gasteiger partial charge < -0.3 is 15.2 Å². The Morgan fingerprint density at radius 1 is 1.28 bits per heavy atom. The molecule has 1 saturated heterocycles. The number of nitrogen functional groups attached to an aromatic ring is 1. The van der Waals surface area contributed by atoms with Crippen LogP contribution in [0.25, 0.3) is 0 Å². The van der Waals surface area contributed by atoms with Crippen molar-refractivity contribution >= 4 is 17.4 Å². The normalized spacial score (nSPS) is 17.1. The molecule has 0 atom stereocenters. The lowest BCUT2D eigenvalue weighted by molar-refractivity contribution is 0.100. The van der Waals surface area contributed by atoms with E-state index >= 15 is 0 Å². The standard InChI is InChI=1S/C14H21NO2S/c1-10(2)17-12-7-11(15)8-14(9-12)18-13-3-5-16-6-4-13/h7-10,13H,3-6,15H2,1-2H3. The van der Waals surface area contributed by atoms with Crippen molar-refractivity contribution < 1.29 is 9.47 Å². The van der Waals surface area contributed by atoms with E-state index in [4.69, 9.17) is 15.2 Å². The summed E-state index contributed by atoms with van der Waals surface area (Å²) < 4.78 is 11.1. The predicted molar refractivity (Wildman–Crippen MR) is 76.3 cm³/mol. The van der Waals surface area contributed by atoms with Crippen molar-refractivity contribution in [1.82, 2.24) is 0 Å². The van der Waals surface area contributed by atoms with Crippen molar-refractivity contribution in [2.45, 2.75) is 42.9 Å². The molecule has 0 amide bonds. The van der Waals surface area contributed by atoms with Crippen LogP contribution in [0.4, 0.5) is 5.69 Å².